The third-order valence-corrected chi connectivity index (χ3v) is 9.88. The van der Waals surface area contributed by atoms with Gasteiger partial charge in [0, 0.05) is 22.9 Å². The monoisotopic (exact) mass is 651 g/mol. The number of thiocarbonyl (C=S) groups is 2. The number of rotatable bonds is 32. The summed E-state index contributed by atoms with van der Waals surface area (Å²) in [6.07, 6.45) is 37.7. The van der Waals surface area contributed by atoms with Crippen molar-refractivity contribution < 1.29 is 4.74 Å². The Morgan fingerprint density at radius 1 is 0.537 bits per heavy atom. The molecule has 0 saturated heterocycles. The predicted octanol–water partition coefficient (Wildman–Crippen LogP) is 13.1. The molecule has 0 aromatic carbocycles. The van der Waals surface area contributed by atoms with Crippen molar-refractivity contribution >= 4 is 57.9 Å². The van der Waals surface area contributed by atoms with Crippen molar-refractivity contribution in [3.63, 3.8) is 0 Å². The highest BCUT2D eigenvalue weighted by Crippen LogP contribution is 2.18. The van der Waals surface area contributed by atoms with Gasteiger partial charge in [0.25, 0.3) is 0 Å². The second kappa shape index (κ2) is 36.8. The van der Waals surface area contributed by atoms with E-state index in [1.54, 1.807) is 11.8 Å². The molecular formula is C35H70ClNOS3. The van der Waals surface area contributed by atoms with Crippen LogP contribution in [0.25, 0.3) is 0 Å². The number of thioether (sulfide) groups is 1. The quantitative estimate of drug-likeness (QED) is 0.0578. The summed E-state index contributed by atoms with van der Waals surface area (Å²) in [5, 5.41) is 0.738. The number of hydrogen-bond donors (Lipinski definition) is 1. The van der Waals surface area contributed by atoms with Gasteiger partial charge < -0.3 is 10.5 Å². The van der Waals surface area contributed by atoms with Gasteiger partial charge >= 0.3 is 0 Å². The highest BCUT2D eigenvalue weighted by Gasteiger charge is 2.12. The highest BCUT2D eigenvalue weighted by molar-refractivity contribution is 8.23. The maximum absolute atomic E-state index is 6.01. The molecule has 246 valence electrons. The number of hydrogen-bond acceptors (Lipinski definition) is 5. The Morgan fingerprint density at radius 3 is 1.20 bits per heavy atom. The molecule has 0 aromatic heterocycles. The first-order valence-corrected chi connectivity index (χ1v) is 19.5. The first kappa shape index (κ1) is 43.7. The van der Waals surface area contributed by atoms with Crippen molar-refractivity contribution in [3.8, 4) is 0 Å². The minimum Gasteiger partial charge on any atom is -0.482 e. The molecule has 0 bridgehead atoms. The van der Waals surface area contributed by atoms with Crippen LogP contribution in [0, 0.1) is 0 Å². The second-order valence-corrected chi connectivity index (χ2v) is 14.3. The van der Waals surface area contributed by atoms with E-state index >= 15 is 0 Å². The standard InChI is InChI=1S/C35H69NOS3.ClH/c1-3-5-7-9-11-13-15-17-19-21-23-25-27-29-34(38)37-33(31-36)32-40-35(39)30-28-26-24-22-20-18-16-14-12-10-8-6-4-2;/h33H,3-32,36H2,1-2H3;1H. The first-order chi connectivity index (χ1) is 19.6. The Morgan fingerprint density at radius 2 is 0.854 bits per heavy atom. The molecule has 0 amide bonds. The smallest absolute Gasteiger partial charge is 0.160 e. The molecule has 1 unspecified atom stereocenters. The zero-order chi connectivity index (χ0) is 29.4. The minimum absolute atomic E-state index is 0. The van der Waals surface area contributed by atoms with Crippen LogP contribution >= 0.6 is 48.6 Å². The molecule has 0 spiro atoms. The van der Waals surface area contributed by atoms with Crippen molar-refractivity contribution in [1.29, 1.82) is 0 Å². The molecule has 0 radical (unpaired) electrons. The topological polar surface area (TPSA) is 35.2 Å². The van der Waals surface area contributed by atoms with E-state index in [9.17, 15) is 0 Å². The summed E-state index contributed by atoms with van der Waals surface area (Å²) in [4.78, 5) is 0. The Kier molecular flexibility index (Phi) is 39.2. The Labute approximate surface area is 279 Å². The van der Waals surface area contributed by atoms with E-state index < -0.39 is 0 Å². The summed E-state index contributed by atoms with van der Waals surface area (Å²) in [7, 11) is 0. The molecule has 0 rings (SSSR count). The van der Waals surface area contributed by atoms with E-state index in [2.05, 4.69) is 13.8 Å². The van der Waals surface area contributed by atoms with Gasteiger partial charge in [-0.3, -0.25) is 0 Å². The second-order valence-electron chi connectivity index (χ2n) is 12.0. The summed E-state index contributed by atoms with van der Waals surface area (Å²) < 4.78 is 7.11. The zero-order valence-electron chi connectivity index (χ0n) is 27.4. The normalized spacial score (nSPS) is 11.8. The van der Waals surface area contributed by atoms with Crippen LogP contribution in [0.15, 0.2) is 0 Å². The van der Waals surface area contributed by atoms with E-state index in [1.165, 1.54) is 161 Å². The lowest BCUT2D eigenvalue weighted by Gasteiger charge is -2.18. The molecule has 41 heavy (non-hydrogen) atoms. The summed E-state index contributed by atoms with van der Waals surface area (Å²) >= 11 is 12.9. The average Bonchev–Trinajstić information content (AvgIpc) is 2.96. The van der Waals surface area contributed by atoms with E-state index in [4.69, 9.17) is 34.9 Å². The summed E-state index contributed by atoms with van der Waals surface area (Å²) in [6.45, 7) is 5.08. The Hall–Kier alpha value is 0.580. The van der Waals surface area contributed by atoms with Crippen LogP contribution in [0.4, 0.5) is 0 Å². The molecule has 2 N–H and O–H groups in total. The van der Waals surface area contributed by atoms with Crippen molar-refractivity contribution in [2.45, 2.75) is 200 Å². The van der Waals surface area contributed by atoms with Crippen molar-refractivity contribution in [1.82, 2.24) is 0 Å². The predicted molar refractivity (Wildman–Crippen MR) is 199 cm³/mol. The summed E-state index contributed by atoms with van der Waals surface area (Å²) in [6, 6.07) is 0. The molecule has 0 heterocycles. The van der Waals surface area contributed by atoms with Gasteiger partial charge in [-0.1, -0.05) is 180 Å². The fraction of sp³-hybridized carbons (Fsp3) is 0.943. The van der Waals surface area contributed by atoms with Gasteiger partial charge in [-0.25, -0.2) is 0 Å². The van der Waals surface area contributed by atoms with E-state index in [0.717, 1.165) is 34.3 Å². The molecule has 0 saturated carbocycles. The van der Waals surface area contributed by atoms with E-state index in [0.29, 0.717) is 6.54 Å². The van der Waals surface area contributed by atoms with E-state index in [1.807, 2.05) is 0 Å². The van der Waals surface area contributed by atoms with Crippen LogP contribution in [0.1, 0.15) is 194 Å². The molecule has 0 aliphatic carbocycles. The maximum Gasteiger partial charge on any atom is 0.160 e. The number of ether oxygens (including phenoxy) is 1. The molecule has 2 nitrogen and oxygen atoms in total. The van der Waals surface area contributed by atoms with Gasteiger partial charge in [-0.15, -0.1) is 24.2 Å². The Bertz CT molecular complexity index is 550. The molecule has 1 atom stereocenters. The molecule has 0 fully saturated rings. The number of nitrogens with two attached hydrogens (primary N) is 1. The lowest BCUT2D eigenvalue weighted by atomic mass is 10.0. The first-order valence-electron chi connectivity index (χ1n) is 17.7. The van der Waals surface area contributed by atoms with E-state index in [-0.39, 0.29) is 18.5 Å². The Balaban J connectivity index is 0. The minimum atomic E-state index is -0.0101. The average molecular weight is 653 g/mol. The third-order valence-electron chi connectivity index (χ3n) is 7.96. The van der Waals surface area contributed by atoms with Crippen LogP contribution in [-0.2, 0) is 4.74 Å². The molecule has 0 aliphatic heterocycles. The molecular weight excluding hydrogens is 582 g/mol. The molecule has 0 aliphatic rings. The van der Waals surface area contributed by atoms with Gasteiger partial charge in [0.2, 0.25) is 0 Å². The van der Waals surface area contributed by atoms with Crippen LogP contribution < -0.4 is 5.73 Å². The van der Waals surface area contributed by atoms with Crippen LogP contribution in [-0.4, -0.2) is 27.6 Å². The van der Waals surface area contributed by atoms with Gasteiger partial charge in [-0.2, -0.15) is 0 Å². The largest absolute Gasteiger partial charge is 0.482 e. The fourth-order valence-corrected chi connectivity index (χ4v) is 6.72. The fourth-order valence-electron chi connectivity index (χ4n) is 5.23. The van der Waals surface area contributed by atoms with Gasteiger partial charge in [0.1, 0.15) is 6.10 Å². The van der Waals surface area contributed by atoms with Crippen LogP contribution in [0.2, 0.25) is 0 Å². The lowest BCUT2D eigenvalue weighted by molar-refractivity contribution is 0.220. The molecule has 0 aromatic rings. The highest BCUT2D eigenvalue weighted by atomic mass is 35.5. The van der Waals surface area contributed by atoms with Crippen molar-refractivity contribution in [2.75, 3.05) is 12.3 Å². The summed E-state index contributed by atoms with van der Waals surface area (Å²) in [5.41, 5.74) is 5.97. The van der Waals surface area contributed by atoms with Crippen LogP contribution in [0.5, 0.6) is 0 Å². The molecule has 6 heteroatoms. The number of unbranched alkanes of at least 4 members (excludes halogenated alkanes) is 24. The lowest BCUT2D eigenvalue weighted by Crippen LogP contribution is -2.28. The maximum atomic E-state index is 6.01. The van der Waals surface area contributed by atoms with Crippen molar-refractivity contribution in [3.05, 3.63) is 0 Å². The van der Waals surface area contributed by atoms with Crippen LogP contribution in [0.3, 0.4) is 0 Å². The zero-order valence-corrected chi connectivity index (χ0v) is 30.7. The number of halogens is 1. The SMILES string of the molecule is CCCCCCCCCCCCCCCC(=S)OC(CN)CSC(=S)CCCCCCCCCCCCCCC.Cl. The van der Waals surface area contributed by atoms with Gasteiger partial charge in [0.05, 0.1) is 0 Å². The summed E-state index contributed by atoms with van der Waals surface area (Å²) in [5.74, 6) is 0.826. The third kappa shape index (κ3) is 34.9. The van der Waals surface area contributed by atoms with Crippen molar-refractivity contribution in [2.24, 2.45) is 5.73 Å². The van der Waals surface area contributed by atoms with Gasteiger partial charge in [-0.05, 0) is 31.5 Å². The van der Waals surface area contributed by atoms with Gasteiger partial charge in [0.15, 0.2) is 5.05 Å².